The Labute approximate surface area is 276 Å². The molecule has 2 aromatic rings. The molecule has 1 N–H and O–H groups in total. The highest BCUT2D eigenvalue weighted by molar-refractivity contribution is 6.04. The standard InChI is InChI=1S/C36H46N4O7/c1-7-38-27-17-32(30(45-6)15-25(27)34(42)39-20-22(2)13-28(39)35(38)43)47-12-10-8-9-11-46-31-16-26-24(14-29(31)44-5)33(41)40-21-36(3,4)18-23(40)19-37-26/h14-17,19,23,28,35,43H,2,7-13,18,20-21H2,1,3-6H3/t23-,28-,35-/m0/s1. The van der Waals surface area contributed by atoms with E-state index in [2.05, 4.69) is 25.4 Å². The van der Waals surface area contributed by atoms with Crippen molar-refractivity contribution < 1.29 is 33.6 Å². The van der Waals surface area contributed by atoms with Gasteiger partial charge in [-0.25, -0.2) is 0 Å². The third-order valence-electron chi connectivity index (χ3n) is 9.60. The first-order chi connectivity index (χ1) is 22.5. The fourth-order valence-electron chi connectivity index (χ4n) is 7.25. The van der Waals surface area contributed by atoms with Crippen LogP contribution in [0.5, 0.6) is 23.0 Å². The second kappa shape index (κ2) is 13.1. The highest BCUT2D eigenvalue weighted by Crippen LogP contribution is 2.43. The molecule has 2 saturated heterocycles. The lowest BCUT2D eigenvalue weighted by atomic mass is 9.91. The zero-order chi connectivity index (χ0) is 33.5. The maximum Gasteiger partial charge on any atom is 0.256 e. The fourth-order valence-corrected chi connectivity index (χ4v) is 7.25. The monoisotopic (exact) mass is 646 g/mol. The van der Waals surface area contributed by atoms with Crippen molar-refractivity contribution in [3.8, 4) is 23.0 Å². The number of aliphatic hydroxyl groups is 1. The Morgan fingerprint density at radius 1 is 0.915 bits per heavy atom. The van der Waals surface area contributed by atoms with Crippen molar-refractivity contribution in [3.63, 3.8) is 0 Å². The quantitative estimate of drug-likeness (QED) is 0.261. The van der Waals surface area contributed by atoms with Gasteiger partial charge in [0, 0.05) is 38.0 Å². The SMILES string of the molecule is C=C1C[C@H]2[C@H](O)N(CC)c3cc(OCCCCCOc4cc5c(cc4OC)C(=O)N4CC(C)(C)C[C@H]4C=N5)c(OC)cc3C(=O)N2C1. The molecular weight excluding hydrogens is 600 g/mol. The number of fused-ring (bicyclic) bond motifs is 4. The van der Waals surface area contributed by atoms with Crippen LogP contribution in [-0.2, 0) is 0 Å². The Balaban J connectivity index is 1.05. The number of methoxy groups -OCH3 is 2. The van der Waals surface area contributed by atoms with Gasteiger partial charge in [-0.05, 0) is 56.6 Å². The van der Waals surface area contributed by atoms with Crippen LogP contribution in [-0.4, -0.2) is 98.3 Å². The highest BCUT2D eigenvalue weighted by atomic mass is 16.5. The van der Waals surface area contributed by atoms with Gasteiger partial charge in [0.2, 0.25) is 0 Å². The molecule has 0 aromatic heterocycles. The smallest absolute Gasteiger partial charge is 0.256 e. The van der Waals surface area contributed by atoms with Crippen molar-refractivity contribution in [1.29, 1.82) is 0 Å². The summed E-state index contributed by atoms with van der Waals surface area (Å²) < 4.78 is 23.5. The third kappa shape index (κ3) is 6.25. The average Bonchev–Trinajstić information content (AvgIpc) is 3.55. The summed E-state index contributed by atoms with van der Waals surface area (Å²) in [7, 11) is 3.13. The van der Waals surface area contributed by atoms with Crippen LogP contribution in [0, 0.1) is 5.41 Å². The summed E-state index contributed by atoms with van der Waals surface area (Å²) in [4.78, 5) is 37.0. The lowest BCUT2D eigenvalue weighted by Crippen LogP contribution is -2.48. The van der Waals surface area contributed by atoms with E-state index < -0.39 is 6.23 Å². The zero-order valence-electron chi connectivity index (χ0n) is 28.1. The molecule has 0 bridgehead atoms. The molecule has 6 rings (SSSR count). The number of hydrogen-bond acceptors (Lipinski definition) is 9. The summed E-state index contributed by atoms with van der Waals surface area (Å²) in [5.41, 5.74) is 3.25. The van der Waals surface area contributed by atoms with Crippen molar-refractivity contribution >= 4 is 29.4 Å². The van der Waals surface area contributed by atoms with Gasteiger partial charge >= 0.3 is 0 Å². The molecule has 4 aliphatic rings. The second-order valence-electron chi connectivity index (χ2n) is 13.6. The van der Waals surface area contributed by atoms with Crippen molar-refractivity contribution in [1.82, 2.24) is 9.80 Å². The predicted octanol–water partition coefficient (Wildman–Crippen LogP) is 5.22. The Kier molecular flexibility index (Phi) is 9.11. The molecule has 4 heterocycles. The number of nitrogens with zero attached hydrogens (tertiary/aromatic N) is 4. The van der Waals surface area contributed by atoms with Crippen molar-refractivity contribution in [2.45, 2.75) is 71.2 Å². The van der Waals surface area contributed by atoms with Crippen LogP contribution in [0.25, 0.3) is 0 Å². The van der Waals surface area contributed by atoms with E-state index >= 15 is 0 Å². The van der Waals surface area contributed by atoms with Gasteiger partial charge in [-0.2, -0.15) is 0 Å². The maximum atomic E-state index is 13.5. The number of hydrogen-bond donors (Lipinski definition) is 1. The minimum absolute atomic E-state index is 0.00788. The van der Waals surface area contributed by atoms with E-state index in [-0.39, 0.29) is 29.3 Å². The van der Waals surface area contributed by atoms with Crippen LogP contribution in [0.2, 0.25) is 0 Å². The molecule has 11 heteroatoms. The number of anilines is 1. The maximum absolute atomic E-state index is 13.5. The van der Waals surface area contributed by atoms with E-state index in [9.17, 15) is 14.7 Å². The predicted molar refractivity (Wildman–Crippen MR) is 180 cm³/mol. The van der Waals surface area contributed by atoms with Gasteiger partial charge in [0.05, 0.1) is 62.0 Å². The van der Waals surface area contributed by atoms with Crippen LogP contribution < -0.4 is 23.8 Å². The van der Waals surface area contributed by atoms with E-state index in [4.69, 9.17) is 18.9 Å². The summed E-state index contributed by atoms with van der Waals surface area (Å²) in [6.45, 7) is 12.9. The van der Waals surface area contributed by atoms with Crippen LogP contribution >= 0.6 is 0 Å². The van der Waals surface area contributed by atoms with E-state index in [1.54, 1.807) is 37.3 Å². The first-order valence-corrected chi connectivity index (χ1v) is 16.5. The molecule has 3 atom stereocenters. The van der Waals surface area contributed by atoms with Gasteiger partial charge in [0.1, 0.15) is 6.23 Å². The first kappa shape index (κ1) is 32.7. The number of ether oxygens (including phenoxy) is 4. The molecule has 0 saturated carbocycles. The van der Waals surface area contributed by atoms with Crippen LogP contribution in [0.1, 0.15) is 73.6 Å². The van der Waals surface area contributed by atoms with Gasteiger partial charge in [-0.3, -0.25) is 14.6 Å². The molecule has 47 heavy (non-hydrogen) atoms. The molecule has 0 spiro atoms. The number of aliphatic imine (C=N–C) groups is 1. The van der Waals surface area contributed by atoms with Crippen molar-refractivity contribution in [2.24, 2.45) is 10.4 Å². The van der Waals surface area contributed by atoms with Crippen molar-refractivity contribution in [2.75, 3.05) is 52.0 Å². The molecular formula is C36H46N4O7. The minimum Gasteiger partial charge on any atom is -0.493 e. The largest absolute Gasteiger partial charge is 0.493 e. The third-order valence-corrected chi connectivity index (χ3v) is 9.60. The molecule has 11 nitrogen and oxygen atoms in total. The fraction of sp³-hybridized carbons (Fsp3) is 0.528. The van der Waals surface area contributed by atoms with E-state index in [0.29, 0.717) is 84.8 Å². The molecule has 0 aliphatic carbocycles. The number of likely N-dealkylation sites (N-methyl/N-ethyl adjacent to an activating group) is 1. The van der Waals surface area contributed by atoms with E-state index in [1.807, 2.05) is 29.0 Å². The summed E-state index contributed by atoms with van der Waals surface area (Å²) in [5, 5.41) is 11.2. The number of benzene rings is 2. The molecule has 2 fully saturated rings. The Morgan fingerprint density at radius 3 is 2.21 bits per heavy atom. The molecule has 2 amide bonds. The lowest BCUT2D eigenvalue weighted by Gasteiger charge is -2.33. The lowest BCUT2D eigenvalue weighted by molar-refractivity contribution is 0.0516. The van der Waals surface area contributed by atoms with Gasteiger partial charge < -0.3 is 38.8 Å². The molecule has 252 valence electrons. The molecule has 0 radical (unpaired) electrons. The number of carbonyl (C=O) groups is 2. The van der Waals surface area contributed by atoms with Crippen molar-refractivity contribution in [3.05, 3.63) is 47.5 Å². The molecule has 4 aliphatic heterocycles. The van der Waals surface area contributed by atoms with E-state index in [0.717, 1.165) is 31.3 Å². The van der Waals surface area contributed by atoms with Crippen LogP contribution in [0.4, 0.5) is 11.4 Å². The summed E-state index contributed by atoms with van der Waals surface area (Å²) in [6.07, 6.45) is 4.90. The number of aliphatic hydroxyl groups excluding tert-OH is 1. The normalized spacial score (nSPS) is 22.7. The minimum atomic E-state index is -0.846. The highest BCUT2D eigenvalue weighted by Gasteiger charge is 2.44. The summed E-state index contributed by atoms with van der Waals surface area (Å²) in [5.74, 6) is 1.91. The number of rotatable bonds is 11. The Hall–Kier alpha value is -4.25. The van der Waals surface area contributed by atoms with Gasteiger partial charge in [-0.15, -0.1) is 0 Å². The number of carbonyl (C=O) groups excluding carboxylic acids is 2. The van der Waals surface area contributed by atoms with Crippen LogP contribution in [0.3, 0.4) is 0 Å². The zero-order valence-corrected chi connectivity index (χ0v) is 28.1. The van der Waals surface area contributed by atoms with E-state index in [1.165, 1.54) is 0 Å². The van der Waals surface area contributed by atoms with Gasteiger partial charge in [-0.1, -0.05) is 26.0 Å². The first-order valence-electron chi connectivity index (χ1n) is 16.5. The summed E-state index contributed by atoms with van der Waals surface area (Å²) >= 11 is 0. The topological polar surface area (TPSA) is 113 Å². The average molecular weight is 647 g/mol. The number of amides is 2. The van der Waals surface area contributed by atoms with Gasteiger partial charge in [0.25, 0.3) is 11.8 Å². The molecule has 2 aromatic carbocycles. The Bertz CT molecular complexity index is 1590. The number of unbranched alkanes of at least 4 members (excludes halogenated alkanes) is 2. The summed E-state index contributed by atoms with van der Waals surface area (Å²) in [6, 6.07) is 6.72. The van der Waals surface area contributed by atoms with Crippen LogP contribution in [0.15, 0.2) is 41.4 Å². The second-order valence-corrected chi connectivity index (χ2v) is 13.6. The molecule has 0 unspecified atom stereocenters. The Morgan fingerprint density at radius 2 is 1.55 bits per heavy atom. The van der Waals surface area contributed by atoms with Gasteiger partial charge in [0.15, 0.2) is 23.0 Å².